The van der Waals surface area contributed by atoms with Gasteiger partial charge in [0.15, 0.2) is 5.82 Å². The molecule has 4 N–H and O–H groups in total. The lowest BCUT2D eigenvalue weighted by molar-refractivity contribution is 0.599. The van der Waals surface area contributed by atoms with E-state index in [2.05, 4.69) is 30.8 Å². The molecule has 0 atom stereocenters. The quantitative estimate of drug-likeness (QED) is 0.726. The molecule has 2 aromatic rings. The SMILES string of the molecule is CCc1cc(NS(=O)(=O)c2cc(N)c(F)cc2Br)n[nH]1. The number of aromatic nitrogens is 2. The third kappa shape index (κ3) is 2.93. The maximum Gasteiger partial charge on any atom is 0.264 e. The molecule has 108 valence electrons. The van der Waals surface area contributed by atoms with Crippen LogP contribution < -0.4 is 10.5 Å². The molecule has 0 saturated heterocycles. The fraction of sp³-hybridized carbons (Fsp3) is 0.182. The van der Waals surface area contributed by atoms with Gasteiger partial charge in [0.05, 0.1) is 5.69 Å². The number of rotatable bonds is 4. The van der Waals surface area contributed by atoms with Crippen LogP contribution in [0.25, 0.3) is 0 Å². The Kier molecular flexibility index (Phi) is 4.00. The zero-order valence-electron chi connectivity index (χ0n) is 10.4. The van der Waals surface area contributed by atoms with Gasteiger partial charge in [0.2, 0.25) is 0 Å². The number of nitrogens with zero attached hydrogens (tertiary/aromatic N) is 1. The van der Waals surface area contributed by atoms with Crippen LogP contribution in [0.2, 0.25) is 0 Å². The van der Waals surface area contributed by atoms with Crippen molar-refractivity contribution in [2.75, 3.05) is 10.5 Å². The first-order chi connectivity index (χ1) is 9.33. The third-order valence-corrected chi connectivity index (χ3v) is 4.90. The summed E-state index contributed by atoms with van der Waals surface area (Å²) in [6, 6.07) is 3.64. The topological polar surface area (TPSA) is 101 Å². The predicted octanol–water partition coefficient (Wildman–Crippen LogP) is 2.26. The Labute approximate surface area is 123 Å². The molecule has 0 aliphatic rings. The Balaban J connectivity index is 2.37. The van der Waals surface area contributed by atoms with Crippen molar-refractivity contribution in [3.63, 3.8) is 0 Å². The molecule has 0 unspecified atom stereocenters. The molecule has 0 aliphatic heterocycles. The molecule has 1 aromatic carbocycles. The molecular formula is C11H12BrFN4O2S. The van der Waals surface area contributed by atoms with Crippen LogP contribution in [0.1, 0.15) is 12.6 Å². The van der Waals surface area contributed by atoms with E-state index in [0.29, 0.717) is 6.42 Å². The van der Waals surface area contributed by atoms with Crippen molar-refractivity contribution in [2.45, 2.75) is 18.2 Å². The number of nitrogen functional groups attached to an aromatic ring is 1. The molecule has 0 fully saturated rings. The van der Waals surface area contributed by atoms with Gasteiger partial charge < -0.3 is 5.73 Å². The fourth-order valence-electron chi connectivity index (χ4n) is 1.54. The first-order valence-electron chi connectivity index (χ1n) is 5.65. The number of nitrogens with one attached hydrogen (secondary N) is 2. The number of hydrogen-bond acceptors (Lipinski definition) is 4. The number of hydrogen-bond donors (Lipinski definition) is 3. The number of nitrogens with two attached hydrogens (primary N) is 1. The molecule has 0 bridgehead atoms. The molecular weight excluding hydrogens is 351 g/mol. The van der Waals surface area contributed by atoms with Gasteiger partial charge in [-0.15, -0.1) is 0 Å². The highest BCUT2D eigenvalue weighted by Gasteiger charge is 2.21. The zero-order valence-corrected chi connectivity index (χ0v) is 12.8. The Bertz CT molecular complexity index is 745. The minimum Gasteiger partial charge on any atom is -0.396 e. The average molecular weight is 363 g/mol. The van der Waals surface area contributed by atoms with Gasteiger partial charge in [-0.3, -0.25) is 9.82 Å². The summed E-state index contributed by atoms with van der Waals surface area (Å²) in [6.45, 7) is 1.91. The second kappa shape index (κ2) is 5.41. The van der Waals surface area contributed by atoms with E-state index in [1.165, 1.54) is 0 Å². The fourth-order valence-corrected chi connectivity index (χ4v) is 3.58. The number of H-pyrrole nitrogens is 1. The lowest BCUT2D eigenvalue weighted by Crippen LogP contribution is -2.14. The smallest absolute Gasteiger partial charge is 0.264 e. The number of sulfonamides is 1. The molecule has 2 rings (SSSR count). The Morgan fingerprint density at radius 2 is 2.15 bits per heavy atom. The maximum atomic E-state index is 13.2. The highest BCUT2D eigenvalue weighted by Crippen LogP contribution is 2.28. The van der Waals surface area contributed by atoms with E-state index in [1.54, 1.807) is 6.07 Å². The second-order valence-corrected chi connectivity index (χ2v) is 6.55. The minimum absolute atomic E-state index is 0.0861. The van der Waals surface area contributed by atoms with Crippen LogP contribution in [0.15, 0.2) is 27.6 Å². The van der Waals surface area contributed by atoms with Gasteiger partial charge in [-0.2, -0.15) is 5.10 Å². The van der Waals surface area contributed by atoms with Crippen molar-refractivity contribution in [3.8, 4) is 0 Å². The van der Waals surface area contributed by atoms with E-state index in [-0.39, 0.29) is 20.9 Å². The summed E-state index contributed by atoms with van der Waals surface area (Å²) < 4.78 is 40.0. The molecule has 0 amide bonds. The Morgan fingerprint density at radius 1 is 1.45 bits per heavy atom. The Morgan fingerprint density at radius 3 is 2.75 bits per heavy atom. The summed E-state index contributed by atoms with van der Waals surface area (Å²) in [5.74, 6) is -0.527. The summed E-state index contributed by atoms with van der Waals surface area (Å²) in [5.41, 5.74) is 5.94. The van der Waals surface area contributed by atoms with Crippen LogP contribution in [-0.2, 0) is 16.4 Å². The third-order valence-electron chi connectivity index (χ3n) is 2.59. The van der Waals surface area contributed by atoms with Crippen molar-refractivity contribution in [2.24, 2.45) is 0 Å². The molecule has 1 heterocycles. The van der Waals surface area contributed by atoms with Crippen LogP contribution in [0, 0.1) is 5.82 Å². The molecule has 0 radical (unpaired) electrons. The van der Waals surface area contributed by atoms with Crippen LogP contribution in [0.4, 0.5) is 15.9 Å². The van der Waals surface area contributed by atoms with Crippen molar-refractivity contribution < 1.29 is 12.8 Å². The summed E-state index contributed by atoms with van der Waals surface area (Å²) in [6.07, 6.45) is 0.696. The first-order valence-corrected chi connectivity index (χ1v) is 7.92. The van der Waals surface area contributed by atoms with E-state index < -0.39 is 15.8 Å². The Hall–Kier alpha value is -1.61. The van der Waals surface area contributed by atoms with Gasteiger partial charge >= 0.3 is 0 Å². The largest absolute Gasteiger partial charge is 0.396 e. The van der Waals surface area contributed by atoms with E-state index in [1.807, 2.05) is 6.92 Å². The van der Waals surface area contributed by atoms with Crippen LogP contribution in [-0.4, -0.2) is 18.6 Å². The average Bonchev–Trinajstić information content (AvgIpc) is 2.80. The monoisotopic (exact) mass is 362 g/mol. The predicted molar refractivity (Wildman–Crippen MR) is 77.3 cm³/mol. The highest BCUT2D eigenvalue weighted by molar-refractivity contribution is 9.10. The molecule has 20 heavy (non-hydrogen) atoms. The normalized spacial score (nSPS) is 11.6. The van der Waals surface area contributed by atoms with Crippen molar-refractivity contribution in [1.82, 2.24) is 10.2 Å². The van der Waals surface area contributed by atoms with Gasteiger partial charge in [-0.05, 0) is 34.5 Å². The highest BCUT2D eigenvalue weighted by atomic mass is 79.9. The summed E-state index contributed by atoms with van der Waals surface area (Å²) in [4.78, 5) is -0.155. The molecule has 0 spiro atoms. The molecule has 6 nitrogen and oxygen atoms in total. The van der Waals surface area contributed by atoms with E-state index in [9.17, 15) is 12.8 Å². The van der Waals surface area contributed by atoms with E-state index >= 15 is 0 Å². The van der Waals surface area contributed by atoms with Crippen molar-refractivity contribution >= 4 is 37.5 Å². The van der Waals surface area contributed by atoms with Gasteiger partial charge in [0.1, 0.15) is 10.7 Å². The van der Waals surface area contributed by atoms with Crippen LogP contribution in [0.3, 0.4) is 0 Å². The van der Waals surface area contributed by atoms with Crippen molar-refractivity contribution in [3.05, 3.63) is 34.2 Å². The summed E-state index contributed by atoms with van der Waals surface area (Å²) in [5, 5.41) is 6.52. The molecule has 9 heteroatoms. The van der Waals surface area contributed by atoms with E-state index in [0.717, 1.165) is 17.8 Å². The van der Waals surface area contributed by atoms with Gasteiger partial charge in [0, 0.05) is 16.2 Å². The van der Waals surface area contributed by atoms with E-state index in [4.69, 9.17) is 5.73 Å². The first kappa shape index (κ1) is 14.8. The summed E-state index contributed by atoms with van der Waals surface area (Å²) >= 11 is 3.01. The number of anilines is 2. The van der Waals surface area contributed by atoms with Gasteiger partial charge in [-0.1, -0.05) is 6.92 Å². The molecule has 0 aliphatic carbocycles. The number of halogens is 2. The number of aryl methyl sites for hydroxylation is 1. The molecule has 0 saturated carbocycles. The van der Waals surface area contributed by atoms with Crippen LogP contribution in [0.5, 0.6) is 0 Å². The minimum atomic E-state index is -3.90. The maximum absolute atomic E-state index is 13.2. The van der Waals surface area contributed by atoms with Gasteiger partial charge in [-0.25, -0.2) is 12.8 Å². The zero-order chi connectivity index (χ0) is 14.9. The summed E-state index contributed by atoms with van der Waals surface area (Å²) in [7, 11) is -3.90. The van der Waals surface area contributed by atoms with Gasteiger partial charge in [0.25, 0.3) is 10.0 Å². The standard InChI is InChI=1S/C11H12BrFN4O2S/c1-2-6-3-11(16-15-6)17-20(18,19)10-5-9(14)8(13)4-7(10)12/h3-5H,2,14H2,1H3,(H2,15,16,17). The number of aromatic amines is 1. The van der Waals surface area contributed by atoms with Crippen molar-refractivity contribution in [1.29, 1.82) is 0 Å². The second-order valence-electron chi connectivity index (χ2n) is 4.04. The number of benzene rings is 1. The van der Waals surface area contributed by atoms with Crippen LogP contribution >= 0.6 is 15.9 Å². The lowest BCUT2D eigenvalue weighted by Gasteiger charge is -2.08. The lowest BCUT2D eigenvalue weighted by atomic mass is 10.3. The molecule has 1 aromatic heterocycles.